The minimum absolute atomic E-state index is 0.0156. The van der Waals surface area contributed by atoms with Crippen molar-refractivity contribution in [2.45, 2.75) is 24.7 Å². The highest BCUT2D eigenvalue weighted by Gasteiger charge is 2.30. The van der Waals surface area contributed by atoms with Crippen LogP contribution in [0.2, 0.25) is 0 Å². The van der Waals surface area contributed by atoms with Crippen LogP contribution in [0.25, 0.3) is 0 Å². The molecule has 28 heavy (non-hydrogen) atoms. The summed E-state index contributed by atoms with van der Waals surface area (Å²) in [6.07, 6.45) is 1.62. The molecule has 1 aromatic carbocycles. The lowest BCUT2D eigenvalue weighted by Gasteiger charge is -2.29. The Morgan fingerprint density at radius 3 is 2.61 bits per heavy atom. The van der Waals surface area contributed by atoms with Crippen molar-refractivity contribution >= 4 is 21.4 Å². The van der Waals surface area contributed by atoms with Crippen molar-refractivity contribution < 1.29 is 23.0 Å². The standard InChI is InChI=1S/C18H28N4O5S/c1-15-4-7-21(8-5-15)28(25,26)16-2-3-17(18(14-16)22(23)24)19-6-9-20-10-12-27-13-11-20/h2-3,14-15,19H,4-13H2,1H3/p+1. The second-order valence-electron chi connectivity index (χ2n) is 7.56. The number of nitro groups is 1. The van der Waals surface area contributed by atoms with Gasteiger partial charge < -0.3 is 15.0 Å². The molecule has 3 rings (SSSR count). The average molecular weight is 414 g/mol. The Balaban J connectivity index is 1.70. The Hall–Kier alpha value is -1.75. The van der Waals surface area contributed by atoms with Crippen LogP contribution in [0.4, 0.5) is 11.4 Å². The molecule has 0 atom stereocenters. The van der Waals surface area contributed by atoms with Crippen LogP contribution in [-0.4, -0.2) is 70.1 Å². The summed E-state index contributed by atoms with van der Waals surface area (Å²) in [6.45, 7) is 7.74. The van der Waals surface area contributed by atoms with Gasteiger partial charge in [-0.25, -0.2) is 8.42 Å². The highest BCUT2D eigenvalue weighted by molar-refractivity contribution is 7.89. The molecule has 2 aliphatic heterocycles. The van der Waals surface area contributed by atoms with E-state index in [2.05, 4.69) is 12.2 Å². The van der Waals surface area contributed by atoms with Crippen molar-refractivity contribution in [1.29, 1.82) is 0 Å². The topological polar surface area (TPSA) is 106 Å². The number of quaternary nitrogens is 1. The Morgan fingerprint density at radius 2 is 1.96 bits per heavy atom. The minimum Gasteiger partial charge on any atom is -0.374 e. The molecule has 2 heterocycles. The van der Waals surface area contributed by atoms with Crippen LogP contribution in [0.3, 0.4) is 0 Å². The van der Waals surface area contributed by atoms with Crippen molar-refractivity contribution in [2.75, 3.05) is 57.8 Å². The van der Waals surface area contributed by atoms with E-state index >= 15 is 0 Å². The summed E-state index contributed by atoms with van der Waals surface area (Å²) in [5.41, 5.74) is 0.146. The van der Waals surface area contributed by atoms with Gasteiger partial charge in [-0.3, -0.25) is 10.1 Å². The molecule has 0 saturated carbocycles. The number of rotatable bonds is 7. The predicted molar refractivity (Wildman–Crippen MR) is 105 cm³/mol. The van der Waals surface area contributed by atoms with Crippen LogP contribution in [0, 0.1) is 16.0 Å². The number of nitrogens with zero attached hydrogens (tertiary/aromatic N) is 2. The number of nitro benzene ring substituents is 1. The first-order valence-corrected chi connectivity index (χ1v) is 11.3. The van der Waals surface area contributed by atoms with Gasteiger partial charge in [-0.15, -0.1) is 0 Å². The molecule has 1 aromatic rings. The first-order chi connectivity index (χ1) is 13.4. The molecule has 2 aliphatic rings. The molecule has 0 bridgehead atoms. The maximum atomic E-state index is 12.9. The Labute approximate surface area is 165 Å². The summed E-state index contributed by atoms with van der Waals surface area (Å²) in [5.74, 6) is 0.501. The summed E-state index contributed by atoms with van der Waals surface area (Å²) in [4.78, 5) is 12.4. The van der Waals surface area contributed by atoms with Gasteiger partial charge in [-0.05, 0) is 30.9 Å². The van der Waals surface area contributed by atoms with E-state index in [-0.39, 0.29) is 10.6 Å². The fraction of sp³-hybridized carbons (Fsp3) is 0.667. The van der Waals surface area contributed by atoms with Crippen LogP contribution in [0.1, 0.15) is 19.8 Å². The van der Waals surface area contributed by atoms with Crippen LogP contribution in [0.15, 0.2) is 23.1 Å². The smallest absolute Gasteiger partial charge is 0.293 e. The third kappa shape index (κ3) is 4.99. The van der Waals surface area contributed by atoms with Gasteiger partial charge in [-0.1, -0.05) is 6.92 Å². The summed E-state index contributed by atoms with van der Waals surface area (Å²) < 4.78 is 32.5. The number of morpholine rings is 1. The lowest BCUT2D eigenvalue weighted by molar-refractivity contribution is -0.906. The van der Waals surface area contributed by atoms with Crippen LogP contribution >= 0.6 is 0 Å². The Morgan fingerprint density at radius 1 is 1.29 bits per heavy atom. The van der Waals surface area contributed by atoms with E-state index in [9.17, 15) is 18.5 Å². The molecule has 9 nitrogen and oxygen atoms in total. The summed E-state index contributed by atoms with van der Waals surface area (Å²) in [6, 6.07) is 4.15. The molecule has 0 radical (unpaired) electrons. The zero-order valence-corrected chi connectivity index (χ0v) is 17.0. The third-order valence-corrected chi connectivity index (χ3v) is 7.43. The van der Waals surface area contributed by atoms with Gasteiger partial charge in [0.2, 0.25) is 10.0 Å². The lowest BCUT2D eigenvalue weighted by Crippen LogP contribution is -3.14. The highest BCUT2D eigenvalue weighted by atomic mass is 32.2. The molecule has 0 amide bonds. The molecule has 0 spiro atoms. The Bertz CT molecular complexity index is 787. The predicted octanol–water partition coefficient (Wildman–Crippen LogP) is 0.342. The number of ether oxygens (including phenoxy) is 1. The van der Waals surface area contributed by atoms with Crippen LogP contribution < -0.4 is 10.2 Å². The SMILES string of the molecule is CC1CCN(S(=O)(=O)c2ccc(NCC[NH+]3CCOCC3)c([N+](=O)[O-])c2)CC1. The number of nitrogens with one attached hydrogen (secondary N) is 2. The van der Waals surface area contributed by atoms with E-state index in [1.807, 2.05) is 0 Å². The number of anilines is 1. The summed E-state index contributed by atoms with van der Waals surface area (Å²) in [5, 5.41) is 14.6. The van der Waals surface area contributed by atoms with E-state index in [0.717, 1.165) is 45.7 Å². The second-order valence-corrected chi connectivity index (χ2v) is 9.50. The largest absolute Gasteiger partial charge is 0.374 e. The fourth-order valence-corrected chi connectivity index (χ4v) is 5.12. The normalized spacial score (nSPS) is 20.2. The lowest BCUT2D eigenvalue weighted by atomic mass is 10.0. The first kappa shape index (κ1) is 21.0. The second kappa shape index (κ2) is 9.17. The van der Waals surface area contributed by atoms with Gasteiger partial charge in [-0.2, -0.15) is 4.31 Å². The van der Waals surface area contributed by atoms with Crippen molar-refractivity contribution in [2.24, 2.45) is 5.92 Å². The molecule has 2 fully saturated rings. The maximum absolute atomic E-state index is 12.9. The number of hydrogen-bond donors (Lipinski definition) is 2. The van der Waals surface area contributed by atoms with E-state index < -0.39 is 14.9 Å². The number of sulfonamides is 1. The molecule has 2 N–H and O–H groups in total. The molecular weight excluding hydrogens is 384 g/mol. The van der Waals surface area contributed by atoms with Crippen molar-refractivity contribution in [3.8, 4) is 0 Å². The number of piperidine rings is 1. The van der Waals surface area contributed by atoms with Gasteiger partial charge >= 0.3 is 0 Å². The quantitative estimate of drug-likeness (QED) is 0.493. The summed E-state index contributed by atoms with van der Waals surface area (Å²) in [7, 11) is -3.71. The molecule has 10 heteroatoms. The molecular formula is C18H29N4O5S+. The van der Waals surface area contributed by atoms with Gasteiger partial charge in [0.15, 0.2) is 0 Å². The van der Waals surface area contributed by atoms with Crippen molar-refractivity contribution in [3.05, 3.63) is 28.3 Å². The fourth-order valence-electron chi connectivity index (χ4n) is 3.63. The van der Waals surface area contributed by atoms with E-state index in [1.165, 1.54) is 27.4 Å². The molecule has 0 unspecified atom stereocenters. The van der Waals surface area contributed by atoms with Gasteiger partial charge in [0.25, 0.3) is 5.69 Å². The molecule has 156 valence electrons. The maximum Gasteiger partial charge on any atom is 0.293 e. The van der Waals surface area contributed by atoms with Gasteiger partial charge in [0.1, 0.15) is 18.8 Å². The Kier molecular flexibility index (Phi) is 6.86. The molecule has 0 aromatic heterocycles. The monoisotopic (exact) mass is 413 g/mol. The molecule has 2 saturated heterocycles. The van der Waals surface area contributed by atoms with Crippen molar-refractivity contribution in [3.63, 3.8) is 0 Å². The average Bonchev–Trinajstić information content (AvgIpc) is 2.69. The molecule has 0 aliphatic carbocycles. The van der Waals surface area contributed by atoms with Gasteiger partial charge in [0, 0.05) is 19.2 Å². The van der Waals surface area contributed by atoms with Crippen LogP contribution in [0.5, 0.6) is 0 Å². The van der Waals surface area contributed by atoms with Crippen LogP contribution in [-0.2, 0) is 14.8 Å². The first-order valence-electron chi connectivity index (χ1n) is 9.81. The van der Waals surface area contributed by atoms with Gasteiger partial charge in [0.05, 0.1) is 36.1 Å². The highest BCUT2D eigenvalue weighted by Crippen LogP contribution is 2.30. The summed E-state index contributed by atoms with van der Waals surface area (Å²) >= 11 is 0. The zero-order chi connectivity index (χ0) is 20.1. The number of hydrogen-bond acceptors (Lipinski definition) is 6. The van der Waals surface area contributed by atoms with E-state index in [0.29, 0.717) is 31.2 Å². The number of benzene rings is 1. The van der Waals surface area contributed by atoms with E-state index in [4.69, 9.17) is 4.74 Å². The minimum atomic E-state index is -3.71. The zero-order valence-electron chi connectivity index (χ0n) is 16.2. The van der Waals surface area contributed by atoms with Crippen molar-refractivity contribution in [1.82, 2.24) is 4.31 Å². The van der Waals surface area contributed by atoms with E-state index in [1.54, 1.807) is 0 Å². The third-order valence-electron chi connectivity index (χ3n) is 5.54.